The molecule has 2 amide bonds. The number of hydrogen-bond acceptors (Lipinski definition) is 6. The van der Waals surface area contributed by atoms with Gasteiger partial charge in [-0.2, -0.15) is 0 Å². The molecule has 1 aromatic heterocycles. The molecule has 1 aliphatic heterocycles. The number of rotatable bonds is 10. The number of aliphatic carboxylic acids is 1. The van der Waals surface area contributed by atoms with Crippen LogP contribution in [0.15, 0.2) is 47.5 Å². The van der Waals surface area contributed by atoms with E-state index in [0.29, 0.717) is 29.7 Å². The molecule has 1 atom stereocenters. The van der Waals surface area contributed by atoms with E-state index in [-0.39, 0.29) is 24.8 Å². The number of aliphatic imine (C=N–C) groups is 1. The molecule has 0 saturated heterocycles. The third-order valence-electron chi connectivity index (χ3n) is 7.24. The molecule has 1 unspecified atom stereocenters. The lowest BCUT2D eigenvalue weighted by Crippen LogP contribution is -2.50. The van der Waals surface area contributed by atoms with Crippen LogP contribution in [-0.2, 0) is 14.4 Å². The molecular formula is C27H37N5O4. The normalized spacial score (nSPS) is 23.4. The molecule has 1 aromatic rings. The summed E-state index contributed by atoms with van der Waals surface area (Å²) in [5, 5.41) is 11.4. The van der Waals surface area contributed by atoms with Crippen LogP contribution in [0.1, 0.15) is 65.4 Å². The van der Waals surface area contributed by atoms with Gasteiger partial charge in [0, 0.05) is 31.0 Å². The predicted molar refractivity (Wildman–Crippen MR) is 137 cm³/mol. The number of hydrogen-bond donors (Lipinski definition) is 2. The smallest absolute Gasteiger partial charge is 0.305 e. The molecule has 2 heterocycles. The van der Waals surface area contributed by atoms with Crippen molar-refractivity contribution in [2.75, 3.05) is 13.1 Å². The fourth-order valence-corrected chi connectivity index (χ4v) is 4.84. The van der Waals surface area contributed by atoms with Gasteiger partial charge >= 0.3 is 5.97 Å². The third kappa shape index (κ3) is 6.44. The number of carboxylic acid groups (broad SMARTS) is 1. The van der Waals surface area contributed by atoms with Crippen molar-refractivity contribution in [3.63, 3.8) is 0 Å². The van der Waals surface area contributed by atoms with E-state index in [1.54, 1.807) is 25.4 Å². The molecule has 1 aliphatic carbocycles. The van der Waals surface area contributed by atoms with E-state index in [4.69, 9.17) is 10.1 Å². The molecule has 1 saturated carbocycles. The summed E-state index contributed by atoms with van der Waals surface area (Å²) >= 11 is 0. The molecule has 36 heavy (non-hydrogen) atoms. The molecule has 2 aliphatic rings. The van der Waals surface area contributed by atoms with Crippen molar-refractivity contribution in [3.8, 4) is 0 Å². The Bertz CT molecular complexity index is 1040. The summed E-state index contributed by atoms with van der Waals surface area (Å²) in [4.78, 5) is 51.6. The Kier molecular flexibility index (Phi) is 9.12. The van der Waals surface area contributed by atoms with Crippen molar-refractivity contribution in [3.05, 3.63) is 48.1 Å². The largest absolute Gasteiger partial charge is 0.481 e. The van der Waals surface area contributed by atoms with Gasteiger partial charge < -0.3 is 15.3 Å². The van der Waals surface area contributed by atoms with Gasteiger partial charge in [0.05, 0.1) is 12.3 Å². The quantitative estimate of drug-likeness (QED) is 0.480. The van der Waals surface area contributed by atoms with Crippen LogP contribution in [0.3, 0.4) is 0 Å². The number of nitrogens with one attached hydrogen (secondary N) is 1. The number of aromatic nitrogens is 2. The van der Waals surface area contributed by atoms with Crippen LogP contribution in [0, 0.1) is 17.8 Å². The maximum Gasteiger partial charge on any atom is 0.305 e. The maximum atomic E-state index is 13.6. The summed E-state index contributed by atoms with van der Waals surface area (Å²) in [7, 11) is 0. The summed E-state index contributed by atoms with van der Waals surface area (Å²) in [6, 6.07) is 0. The highest BCUT2D eigenvalue weighted by Crippen LogP contribution is 2.43. The minimum absolute atomic E-state index is 0.0916. The first-order chi connectivity index (χ1) is 17.2. The second-order valence-electron chi connectivity index (χ2n) is 9.99. The van der Waals surface area contributed by atoms with E-state index in [9.17, 15) is 14.4 Å². The van der Waals surface area contributed by atoms with Crippen LogP contribution in [0.4, 0.5) is 0 Å². The Morgan fingerprint density at radius 2 is 1.89 bits per heavy atom. The molecule has 1 fully saturated rings. The first kappa shape index (κ1) is 27.2. The highest BCUT2D eigenvalue weighted by molar-refractivity contribution is 6.46. The lowest BCUT2D eigenvalue weighted by Gasteiger charge is -2.42. The lowest BCUT2D eigenvalue weighted by atomic mass is 9.76. The van der Waals surface area contributed by atoms with Crippen LogP contribution < -0.4 is 5.32 Å². The number of carbonyl (C=O) groups is 3. The monoisotopic (exact) mass is 495 g/mol. The van der Waals surface area contributed by atoms with Gasteiger partial charge in [0.25, 0.3) is 5.91 Å². The summed E-state index contributed by atoms with van der Waals surface area (Å²) in [5.41, 5.74) is 1.35. The summed E-state index contributed by atoms with van der Waals surface area (Å²) in [6.07, 6.45) is 13.8. The van der Waals surface area contributed by atoms with Gasteiger partial charge in [-0.1, -0.05) is 39.0 Å². The molecule has 9 heteroatoms. The molecule has 1 spiro atoms. The van der Waals surface area contributed by atoms with Gasteiger partial charge in [0.2, 0.25) is 5.91 Å². The van der Waals surface area contributed by atoms with Crippen LogP contribution in [0.25, 0.3) is 0 Å². The zero-order valence-electron chi connectivity index (χ0n) is 21.6. The van der Waals surface area contributed by atoms with Gasteiger partial charge in [-0.3, -0.25) is 19.4 Å². The van der Waals surface area contributed by atoms with Crippen molar-refractivity contribution in [1.29, 1.82) is 0 Å². The second-order valence-corrected chi connectivity index (χ2v) is 9.99. The van der Waals surface area contributed by atoms with Crippen molar-refractivity contribution in [2.45, 2.75) is 65.5 Å². The summed E-state index contributed by atoms with van der Waals surface area (Å²) in [5.74, 6) is -0.542. The van der Waals surface area contributed by atoms with Gasteiger partial charge in [-0.15, -0.1) is 0 Å². The summed E-state index contributed by atoms with van der Waals surface area (Å²) < 4.78 is 0. The van der Waals surface area contributed by atoms with E-state index in [1.165, 1.54) is 6.33 Å². The Morgan fingerprint density at radius 1 is 1.22 bits per heavy atom. The number of amides is 2. The third-order valence-corrected chi connectivity index (χ3v) is 7.24. The van der Waals surface area contributed by atoms with Crippen molar-refractivity contribution in [2.24, 2.45) is 22.7 Å². The molecule has 3 rings (SSSR count). The highest BCUT2D eigenvalue weighted by atomic mass is 16.4. The zero-order valence-corrected chi connectivity index (χ0v) is 21.6. The molecular weight excluding hydrogens is 458 g/mol. The standard InChI is InChI=1S/C27H37N5O4/c1-5-20(7-6-19(4)25(35)30-13-10-23(33)34)16-32-26(36)24(22-14-28-17-29-15-22)31-27(32)11-8-21(9-12-27)18(2)3/h5-7,14-15,17-19,21H,8-13,16H2,1-4H3,(H,30,35)(H,33,34)/b7-6-,20-5+. The molecule has 2 N–H and O–H groups in total. The van der Waals surface area contributed by atoms with Gasteiger partial charge in [-0.25, -0.2) is 9.97 Å². The number of nitrogens with zero attached hydrogens (tertiary/aromatic N) is 4. The molecule has 0 aromatic carbocycles. The Labute approximate surface area is 212 Å². The van der Waals surface area contributed by atoms with E-state index in [2.05, 4.69) is 29.1 Å². The minimum atomic E-state index is -0.954. The number of carbonyl (C=O) groups excluding carboxylic acids is 2. The van der Waals surface area contributed by atoms with Gasteiger partial charge in [-0.05, 0) is 50.0 Å². The first-order valence-electron chi connectivity index (χ1n) is 12.7. The van der Waals surface area contributed by atoms with Crippen LogP contribution >= 0.6 is 0 Å². The van der Waals surface area contributed by atoms with Gasteiger partial charge in [0.1, 0.15) is 17.7 Å². The van der Waals surface area contributed by atoms with E-state index >= 15 is 0 Å². The van der Waals surface area contributed by atoms with Crippen LogP contribution in [-0.4, -0.2) is 62.2 Å². The summed E-state index contributed by atoms with van der Waals surface area (Å²) in [6.45, 7) is 8.63. The Hall–Kier alpha value is -3.36. The van der Waals surface area contributed by atoms with Gasteiger partial charge in [0.15, 0.2) is 0 Å². The van der Waals surface area contributed by atoms with Crippen molar-refractivity contribution in [1.82, 2.24) is 20.2 Å². The van der Waals surface area contributed by atoms with Crippen molar-refractivity contribution >= 4 is 23.5 Å². The SMILES string of the molecule is C/C=C(\C=C/C(C)C(=O)NCCC(=O)O)CN1C(=O)C(c2cncnc2)=NC12CCC(C(C)C)CC2. The van der Waals surface area contributed by atoms with E-state index in [0.717, 1.165) is 31.3 Å². The van der Waals surface area contributed by atoms with E-state index in [1.807, 2.05) is 24.0 Å². The Morgan fingerprint density at radius 3 is 2.47 bits per heavy atom. The zero-order chi connectivity index (χ0) is 26.3. The van der Waals surface area contributed by atoms with E-state index < -0.39 is 17.6 Å². The highest BCUT2D eigenvalue weighted by Gasteiger charge is 2.49. The van der Waals surface area contributed by atoms with Crippen molar-refractivity contribution < 1.29 is 19.5 Å². The molecule has 194 valence electrons. The number of carboxylic acids is 1. The maximum absolute atomic E-state index is 13.6. The lowest BCUT2D eigenvalue weighted by molar-refractivity contribution is -0.137. The molecule has 9 nitrogen and oxygen atoms in total. The molecule has 0 bridgehead atoms. The topological polar surface area (TPSA) is 125 Å². The molecule has 0 radical (unpaired) electrons. The predicted octanol–water partition coefficient (Wildman–Crippen LogP) is 3.38. The Balaban J connectivity index is 1.77. The average molecular weight is 496 g/mol. The first-order valence-corrected chi connectivity index (χ1v) is 12.7. The van der Waals surface area contributed by atoms with Crippen LogP contribution in [0.5, 0.6) is 0 Å². The second kappa shape index (κ2) is 12.1. The number of allylic oxidation sites excluding steroid dienone is 1. The fourth-order valence-electron chi connectivity index (χ4n) is 4.84. The minimum Gasteiger partial charge on any atom is -0.481 e. The average Bonchev–Trinajstić information content (AvgIpc) is 3.12. The fraction of sp³-hybridized carbons (Fsp3) is 0.556. The van der Waals surface area contributed by atoms with Crippen LogP contribution in [0.2, 0.25) is 0 Å².